The molecular formula is C16H22N4O2. The predicted octanol–water partition coefficient (Wildman–Crippen LogP) is 2.56. The van der Waals surface area contributed by atoms with Gasteiger partial charge in [-0.25, -0.2) is 0 Å². The molecule has 2 aromatic heterocycles. The number of anilines is 1. The lowest BCUT2D eigenvalue weighted by Crippen LogP contribution is -2.12. The Hall–Kier alpha value is -2.08. The molecule has 0 radical (unpaired) electrons. The van der Waals surface area contributed by atoms with Crippen LogP contribution in [0.25, 0.3) is 0 Å². The molecule has 1 unspecified atom stereocenters. The molecule has 22 heavy (non-hydrogen) atoms. The lowest BCUT2D eigenvalue weighted by atomic mass is 10.2. The van der Waals surface area contributed by atoms with Gasteiger partial charge in [0.2, 0.25) is 0 Å². The van der Waals surface area contributed by atoms with E-state index in [4.69, 9.17) is 9.47 Å². The molecule has 1 fully saturated rings. The topological polar surface area (TPSA) is 61.2 Å². The van der Waals surface area contributed by atoms with Gasteiger partial charge in [-0.05, 0) is 31.9 Å². The second-order valence-corrected chi connectivity index (χ2v) is 5.42. The number of rotatable bonds is 6. The smallest absolute Gasteiger partial charge is 0.137 e. The Morgan fingerprint density at radius 3 is 3.09 bits per heavy atom. The van der Waals surface area contributed by atoms with Crippen LogP contribution in [0.15, 0.2) is 24.7 Å². The van der Waals surface area contributed by atoms with E-state index >= 15 is 0 Å². The summed E-state index contributed by atoms with van der Waals surface area (Å²) < 4.78 is 13.0. The van der Waals surface area contributed by atoms with Gasteiger partial charge in [0.25, 0.3) is 0 Å². The molecule has 0 aliphatic carbocycles. The van der Waals surface area contributed by atoms with Crippen molar-refractivity contribution < 1.29 is 9.47 Å². The maximum absolute atomic E-state index is 5.47. The highest BCUT2D eigenvalue weighted by molar-refractivity contribution is 5.46. The first-order valence-corrected chi connectivity index (χ1v) is 7.70. The largest absolute Gasteiger partial charge is 0.492 e. The van der Waals surface area contributed by atoms with Crippen LogP contribution in [0, 0.1) is 6.92 Å². The van der Waals surface area contributed by atoms with Crippen molar-refractivity contribution in [1.82, 2.24) is 14.8 Å². The highest BCUT2D eigenvalue weighted by atomic mass is 16.5. The maximum Gasteiger partial charge on any atom is 0.137 e. The number of ether oxygens (including phenoxy) is 2. The van der Waals surface area contributed by atoms with Gasteiger partial charge in [-0.1, -0.05) is 0 Å². The van der Waals surface area contributed by atoms with Crippen molar-refractivity contribution in [1.29, 1.82) is 0 Å². The molecule has 1 aliphatic rings. The monoisotopic (exact) mass is 302 g/mol. The Balaban J connectivity index is 1.65. The molecule has 1 atom stereocenters. The number of nitrogens with one attached hydrogen (secondary N) is 1. The summed E-state index contributed by atoms with van der Waals surface area (Å²) in [6.07, 6.45) is 6.49. The minimum Gasteiger partial charge on any atom is -0.492 e. The average molecular weight is 302 g/mol. The third kappa shape index (κ3) is 3.22. The summed E-state index contributed by atoms with van der Waals surface area (Å²) in [5.41, 5.74) is 3.28. The summed E-state index contributed by atoms with van der Waals surface area (Å²) >= 11 is 0. The summed E-state index contributed by atoms with van der Waals surface area (Å²) in [5, 5.41) is 7.91. The summed E-state index contributed by atoms with van der Waals surface area (Å²) in [7, 11) is 0. The Kier molecular flexibility index (Phi) is 4.58. The van der Waals surface area contributed by atoms with Crippen LogP contribution in [-0.2, 0) is 11.3 Å². The van der Waals surface area contributed by atoms with Gasteiger partial charge in [0.1, 0.15) is 5.75 Å². The lowest BCUT2D eigenvalue weighted by Gasteiger charge is -2.12. The molecule has 6 heteroatoms. The average Bonchev–Trinajstić information content (AvgIpc) is 3.16. The summed E-state index contributed by atoms with van der Waals surface area (Å²) in [4.78, 5) is 4.20. The minimum atomic E-state index is 0.360. The van der Waals surface area contributed by atoms with Gasteiger partial charge in [0.05, 0.1) is 43.0 Å². The van der Waals surface area contributed by atoms with Gasteiger partial charge in [0.15, 0.2) is 0 Å². The minimum absolute atomic E-state index is 0.360. The molecule has 0 saturated carbocycles. The van der Waals surface area contributed by atoms with Crippen molar-refractivity contribution in [2.45, 2.75) is 32.9 Å². The fourth-order valence-corrected chi connectivity index (χ4v) is 2.68. The first kappa shape index (κ1) is 14.8. The third-order valence-electron chi connectivity index (χ3n) is 3.86. The zero-order valence-corrected chi connectivity index (χ0v) is 13.1. The summed E-state index contributed by atoms with van der Waals surface area (Å²) in [5.74, 6) is 0.803. The second kappa shape index (κ2) is 6.79. The van der Waals surface area contributed by atoms with Gasteiger partial charge in [0, 0.05) is 19.3 Å². The van der Waals surface area contributed by atoms with E-state index in [0.717, 1.165) is 42.3 Å². The zero-order valence-electron chi connectivity index (χ0n) is 13.1. The van der Waals surface area contributed by atoms with E-state index in [0.29, 0.717) is 19.2 Å². The van der Waals surface area contributed by atoms with Gasteiger partial charge in [-0.2, -0.15) is 5.10 Å². The standard InChI is InChI=1S/C16H22N4O2/c1-3-22-15-6-13(7-17-9-15)8-18-16-10-19-20(12(16)2)14-4-5-21-11-14/h6-7,9-10,14,18H,3-5,8,11H2,1-2H3. The van der Waals surface area contributed by atoms with E-state index in [9.17, 15) is 0 Å². The number of nitrogens with zero attached hydrogens (tertiary/aromatic N) is 3. The van der Waals surface area contributed by atoms with E-state index in [1.165, 1.54) is 0 Å². The zero-order chi connectivity index (χ0) is 15.4. The van der Waals surface area contributed by atoms with Crippen LogP contribution in [-0.4, -0.2) is 34.6 Å². The van der Waals surface area contributed by atoms with E-state index < -0.39 is 0 Å². The molecule has 1 saturated heterocycles. The van der Waals surface area contributed by atoms with Crippen LogP contribution in [0.3, 0.4) is 0 Å². The molecule has 3 rings (SSSR count). The third-order valence-corrected chi connectivity index (χ3v) is 3.86. The molecule has 0 bridgehead atoms. The van der Waals surface area contributed by atoms with Gasteiger partial charge in [-0.15, -0.1) is 0 Å². The van der Waals surface area contributed by atoms with Gasteiger partial charge in [-0.3, -0.25) is 9.67 Å². The van der Waals surface area contributed by atoms with E-state index in [1.807, 2.05) is 25.4 Å². The van der Waals surface area contributed by atoms with Crippen LogP contribution in [0.5, 0.6) is 5.75 Å². The van der Waals surface area contributed by atoms with Crippen molar-refractivity contribution in [3.63, 3.8) is 0 Å². The quantitative estimate of drug-likeness (QED) is 0.888. The summed E-state index contributed by atoms with van der Waals surface area (Å²) in [6, 6.07) is 2.37. The fourth-order valence-electron chi connectivity index (χ4n) is 2.68. The van der Waals surface area contributed by atoms with Gasteiger partial charge >= 0.3 is 0 Å². The Bertz CT molecular complexity index is 620. The van der Waals surface area contributed by atoms with Gasteiger partial charge < -0.3 is 14.8 Å². The Morgan fingerprint density at radius 1 is 1.41 bits per heavy atom. The number of hydrogen-bond donors (Lipinski definition) is 1. The van der Waals surface area contributed by atoms with Crippen molar-refractivity contribution in [2.24, 2.45) is 0 Å². The van der Waals surface area contributed by atoms with E-state index in [2.05, 4.69) is 27.0 Å². The molecule has 1 aliphatic heterocycles. The highest BCUT2D eigenvalue weighted by Gasteiger charge is 2.20. The van der Waals surface area contributed by atoms with Crippen LogP contribution in [0.1, 0.15) is 30.6 Å². The molecule has 118 valence electrons. The second-order valence-electron chi connectivity index (χ2n) is 5.42. The molecule has 0 amide bonds. The molecule has 2 aromatic rings. The first-order chi connectivity index (χ1) is 10.8. The van der Waals surface area contributed by atoms with Crippen molar-refractivity contribution in [2.75, 3.05) is 25.1 Å². The molecule has 0 aromatic carbocycles. The molecule has 0 spiro atoms. The van der Waals surface area contributed by atoms with Crippen LogP contribution in [0.2, 0.25) is 0 Å². The Morgan fingerprint density at radius 2 is 2.32 bits per heavy atom. The van der Waals surface area contributed by atoms with Crippen molar-refractivity contribution in [3.05, 3.63) is 35.9 Å². The number of pyridine rings is 1. The summed E-state index contributed by atoms with van der Waals surface area (Å²) in [6.45, 7) is 6.97. The van der Waals surface area contributed by atoms with E-state index in [1.54, 1.807) is 6.20 Å². The van der Waals surface area contributed by atoms with Crippen molar-refractivity contribution >= 4 is 5.69 Å². The molecule has 3 heterocycles. The lowest BCUT2D eigenvalue weighted by molar-refractivity contribution is 0.184. The molecular weight excluding hydrogens is 280 g/mol. The number of aromatic nitrogens is 3. The first-order valence-electron chi connectivity index (χ1n) is 7.70. The van der Waals surface area contributed by atoms with Crippen molar-refractivity contribution in [3.8, 4) is 5.75 Å². The van der Waals surface area contributed by atoms with E-state index in [-0.39, 0.29) is 0 Å². The van der Waals surface area contributed by atoms with Crippen LogP contribution in [0.4, 0.5) is 5.69 Å². The van der Waals surface area contributed by atoms with Crippen LogP contribution >= 0.6 is 0 Å². The molecule has 6 nitrogen and oxygen atoms in total. The SMILES string of the molecule is CCOc1cncc(CNc2cnn(C3CCOC3)c2C)c1. The number of hydrogen-bond acceptors (Lipinski definition) is 5. The Labute approximate surface area is 130 Å². The molecule has 1 N–H and O–H groups in total. The predicted molar refractivity (Wildman–Crippen MR) is 84.2 cm³/mol. The fraction of sp³-hybridized carbons (Fsp3) is 0.500. The normalized spacial score (nSPS) is 17.6. The highest BCUT2D eigenvalue weighted by Crippen LogP contribution is 2.24. The van der Waals surface area contributed by atoms with Crippen LogP contribution < -0.4 is 10.1 Å². The maximum atomic E-state index is 5.47.